The Morgan fingerprint density at radius 3 is 1.54 bits per heavy atom. The number of benzene rings is 8. The van der Waals surface area contributed by atoms with Crippen LogP contribution in [-0.2, 0) is 10.8 Å². The number of rotatable bonds is 4. The van der Waals surface area contributed by atoms with E-state index in [0.717, 1.165) is 0 Å². The van der Waals surface area contributed by atoms with Crippen LogP contribution < -0.4 is 0 Å². The van der Waals surface area contributed by atoms with Crippen LogP contribution in [0.5, 0.6) is 0 Å². The largest absolute Gasteiger partial charge is 0.120 e. The molecule has 0 unspecified atom stereocenters. The second-order valence-electron chi connectivity index (χ2n) is 16.7. The average Bonchev–Trinajstić information content (AvgIpc) is 3.29. The van der Waals surface area contributed by atoms with E-state index in [0.29, 0.717) is 0 Å². The quantitative estimate of drug-likeness (QED) is 0.127. The summed E-state index contributed by atoms with van der Waals surface area (Å²) in [6.07, 6.45) is 4.35. The van der Waals surface area contributed by atoms with E-state index in [9.17, 15) is 0 Å². The summed E-state index contributed by atoms with van der Waals surface area (Å²) in [4.78, 5) is 0. The first-order valence-electron chi connectivity index (χ1n) is 19.2. The normalized spacial score (nSPS) is 13.7. The molecule has 0 nitrogen and oxygen atoms in total. The highest BCUT2D eigenvalue weighted by molar-refractivity contribution is 6.17. The molecule has 0 radical (unpaired) electrons. The third-order valence-corrected chi connectivity index (χ3v) is 12.0. The lowest BCUT2D eigenvalue weighted by Gasteiger charge is -2.22. The van der Waals surface area contributed by atoms with Gasteiger partial charge in [0.25, 0.3) is 0 Å². The highest BCUT2D eigenvalue weighted by Crippen LogP contribution is 2.51. The van der Waals surface area contributed by atoms with Crippen LogP contribution in [0, 0.1) is 0 Å². The number of fused-ring (bicyclic) bond motifs is 3. The SMILES string of the molecule is CC(C)(C)c1cc2c3c(ccc4ccc(-c5ccc(-c6ccc(-c7ccc8c(c7)C(C)(C)c7cc(-c9ccccc9)ccc7-8)cc6)cc5)c(c43)C=C=C2)c1. The van der Waals surface area contributed by atoms with Gasteiger partial charge in [-0.15, -0.1) is 5.73 Å². The lowest BCUT2D eigenvalue weighted by atomic mass is 9.81. The Labute approximate surface area is 318 Å². The number of hydrogen-bond acceptors (Lipinski definition) is 0. The van der Waals surface area contributed by atoms with E-state index in [1.807, 2.05) is 0 Å². The van der Waals surface area contributed by atoms with Crippen LogP contribution in [0.25, 0.3) is 89.3 Å². The van der Waals surface area contributed by atoms with Gasteiger partial charge in [-0.1, -0.05) is 168 Å². The zero-order valence-electron chi connectivity index (χ0n) is 31.6. The van der Waals surface area contributed by atoms with Crippen molar-refractivity contribution >= 4 is 33.7 Å². The van der Waals surface area contributed by atoms with E-state index in [1.165, 1.54) is 105 Å². The Kier molecular flexibility index (Phi) is 7.16. The fraction of sp³-hybridized carbons (Fsp3) is 0.130. The number of hydrogen-bond donors (Lipinski definition) is 0. The van der Waals surface area contributed by atoms with Gasteiger partial charge in [-0.2, -0.15) is 0 Å². The maximum atomic E-state index is 3.54. The van der Waals surface area contributed by atoms with Crippen molar-refractivity contribution in [2.24, 2.45) is 0 Å². The molecule has 0 N–H and O–H groups in total. The molecule has 0 heteroatoms. The summed E-state index contributed by atoms with van der Waals surface area (Å²) >= 11 is 0. The predicted molar refractivity (Wildman–Crippen MR) is 232 cm³/mol. The van der Waals surface area contributed by atoms with Crippen LogP contribution in [0.3, 0.4) is 0 Å². The average molecular weight is 691 g/mol. The molecule has 54 heavy (non-hydrogen) atoms. The lowest BCUT2D eigenvalue weighted by molar-refractivity contribution is 0.591. The highest BCUT2D eigenvalue weighted by atomic mass is 14.4. The van der Waals surface area contributed by atoms with Gasteiger partial charge in [0.1, 0.15) is 0 Å². The fourth-order valence-electron chi connectivity index (χ4n) is 8.93. The molecule has 0 saturated carbocycles. The second kappa shape index (κ2) is 11.9. The smallest absolute Gasteiger partial charge is 0.0159 e. The van der Waals surface area contributed by atoms with Gasteiger partial charge in [-0.25, -0.2) is 0 Å². The monoisotopic (exact) mass is 690 g/mol. The fourth-order valence-corrected chi connectivity index (χ4v) is 8.93. The minimum Gasteiger partial charge on any atom is -0.120 e. The zero-order valence-corrected chi connectivity index (χ0v) is 31.6. The van der Waals surface area contributed by atoms with Crippen LogP contribution >= 0.6 is 0 Å². The van der Waals surface area contributed by atoms with Crippen molar-refractivity contribution in [3.63, 3.8) is 0 Å². The lowest BCUT2D eigenvalue weighted by Crippen LogP contribution is -2.15. The van der Waals surface area contributed by atoms with Crippen molar-refractivity contribution < 1.29 is 0 Å². The van der Waals surface area contributed by atoms with Crippen LogP contribution in [0.15, 0.2) is 157 Å². The Morgan fingerprint density at radius 1 is 0.426 bits per heavy atom. The Balaban J connectivity index is 0.950. The molecule has 0 heterocycles. The van der Waals surface area contributed by atoms with Crippen LogP contribution in [0.2, 0.25) is 0 Å². The van der Waals surface area contributed by atoms with Gasteiger partial charge in [0.2, 0.25) is 0 Å². The molecular formula is C54H42. The van der Waals surface area contributed by atoms with Crippen LogP contribution in [0.4, 0.5) is 0 Å². The standard InChI is InChI=1S/C54H42/c1-53(2,3)44-30-42-12-9-13-48-45(27-24-39-22-23-43(31-44)51(42)52(39)48)38-20-18-36(19-21-38)35-14-16-37(17-15-35)41-26-29-47-46-28-25-40(34-10-7-6-8-11-34)32-49(46)54(4,5)50(47)33-41/h6-8,10-33H,1-5H3. The van der Waals surface area contributed by atoms with E-state index in [2.05, 4.69) is 204 Å². The molecule has 8 aromatic carbocycles. The molecule has 0 aromatic heterocycles. The molecule has 0 atom stereocenters. The minimum atomic E-state index is -0.0763. The van der Waals surface area contributed by atoms with Gasteiger partial charge in [0.05, 0.1) is 0 Å². The van der Waals surface area contributed by atoms with Crippen LogP contribution in [-0.4, -0.2) is 0 Å². The van der Waals surface area contributed by atoms with E-state index < -0.39 is 0 Å². The molecule has 0 saturated heterocycles. The molecule has 2 aliphatic rings. The zero-order chi connectivity index (χ0) is 36.8. The second-order valence-corrected chi connectivity index (χ2v) is 16.7. The van der Waals surface area contributed by atoms with E-state index in [-0.39, 0.29) is 10.8 Å². The molecule has 10 rings (SSSR count). The topological polar surface area (TPSA) is 0 Å². The van der Waals surface area contributed by atoms with E-state index in [4.69, 9.17) is 0 Å². The predicted octanol–water partition coefficient (Wildman–Crippen LogP) is 14.9. The van der Waals surface area contributed by atoms with E-state index >= 15 is 0 Å². The molecule has 8 aromatic rings. The first-order chi connectivity index (χ1) is 26.1. The van der Waals surface area contributed by atoms with Gasteiger partial charge in [-0.3, -0.25) is 0 Å². The highest BCUT2D eigenvalue weighted by Gasteiger charge is 2.36. The summed E-state index contributed by atoms with van der Waals surface area (Å²) in [5.41, 5.74) is 22.8. The molecule has 0 spiro atoms. The molecule has 0 aliphatic heterocycles. The van der Waals surface area contributed by atoms with Crippen molar-refractivity contribution in [2.75, 3.05) is 0 Å². The van der Waals surface area contributed by atoms with Gasteiger partial charge in [0, 0.05) is 5.41 Å². The molecule has 0 fully saturated rings. The summed E-state index contributed by atoms with van der Waals surface area (Å²) in [5, 5.41) is 5.20. The Morgan fingerprint density at radius 2 is 0.926 bits per heavy atom. The van der Waals surface area contributed by atoms with Crippen molar-refractivity contribution in [2.45, 2.75) is 45.4 Å². The molecule has 0 amide bonds. The molecule has 2 aliphatic carbocycles. The van der Waals surface area contributed by atoms with Crippen molar-refractivity contribution in [3.8, 4) is 55.6 Å². The summed E-state index contributed by atoms with van der Waals surface area (Å²) in [5.74, 6) is 0. The summed E-state index contributed by atoms with van der Waals surface area (Å²) in [7, 11) is 0. The first-order valence-corrected chi connectivity index (χ1v) is 19.2. The molecule has 258 valence electrons. The van der Waals surface area contributed by atoms with Gasteiger partial charge >= 0.3 is 0 Å². The maximum Gasteiger partial charge on any atom is 0.0159 e. The molecular weight excluding hydrogens is 649 g/mol. The van der Waals surface area contributed by atoms with Gasteiger partial charge in [0.15, 0.2) is 0 Å². The Bertz CT molecular complexity index is 2870. The van der Waals surface area contributed by atoms with Crippen molar-refractivity contribution in [1.29, 1.82) is 0 Å². The molecule has 0 bridgehead atoms. The summed E-state index contributed by atoms with van der Waals surface area (Å²) in [6.45, 7) is 11.6. The maximum absolute atomic E-state index is 3.54. The van der Waals surface area contributed by atoms with Gasteiger partial charge in [-0.05, 0) is 141 Å². The van der Waals surface area contributed by atoms with Crippen molar-refractivity contribution in [3.05, 3.63) is 185 Å². The first kappa shape index (κ1) is 32.5. The van der Waals surface area contributed by atoms with Gasteiger partial charge < -0.3 is 0 Å². The minimum absolute atomic E-state index is 0.0763. The van der Waals surface area contributed by atoms with Crippen LogP contribution in [0.1, 0.15) is 62.4 Å². The third kappa shape index (κ3) is 5.13. The van der Waals surface area contributed by atoms with E-state index in [1.54, 1.807) is 0 Å². The summed E-state index contributed by atoms with van der Waals surface area (Å²) < 4.78 is 0. The Hall–Kier alpha value is -6.20. The van der Waals surface area contributed by atoms with Crippen molar-refractivity contribution in [1.82, 2.24) is 0 Å². The third-order valence-electron chi connectivity index (χ3n) is 12.0. The summed E-state index contributed by atoms with van der Waals surface area (Å²) in [6, 6.07) is 56.7.